The third-order valence-corrected chi connectivity index (χ3v) is 3.21. The van der Waals surface area contributed by atoms with Crippen LogP contribution >= 0.6 is 0 Å². The lowest BCUT2D eigenvalue weighted by molar-refractivity contribution is 0.102. The van der Waals surface area contributed by atoms with Gasteiger partial charge in [-0.25, -0.2) is 0 Å². The van der Waals surface area contributed by atoms with E-state index in [1.165, 1.54) is 6.07 Å². The maximum atomic E-state index is 12.4. The molecule has 0 unspecified atom stereocenters. The van der Waals surface area contributed by atoms with Crippen LogP contribution in [0.15, 0.2) is 36.4 Å². The standard InChI is InChI=1S/C16H19N3O2/c1-10-4-6-12(9-15(10)20)18-16(21)13-8-11(17)5-7-14(13)19(2)3/h4-9,20H,17H2,1-3H3,(H,18,21). The summed E-state index contributed by atoms with van der Waals surface area (Å²) in [6.07, 6.45) is 0. The Bertz CT molecular complexity index is 681. The van der Waals surface area contributed by atoms with Crippen molar-refractivity contribution >= 4 is 23.0 Å². The highest BCUT2D eigenvalue weighted by atomic mass is 16.3. The maximum absolute atomic E-state index is 12.4. The monoisotopic (exact) mass is 285 g/mol. The van der Waals surface area contributed by atoms with Crippen molar-refractivity contribution in [3.8, 4) is 5.75 Å². The molecule has 21 heavy (non-hydrogen) atoms. The van der Waals surface area contributed by atoms with Gasteiger partial charge in [-0.3, -0.25) is 4.79 Å². The minimum absolute atomic E-state index is 0.146. The molecule has 0 saturated heterocycles. The Morgan fingerprint density at radius 2 is 1.90 bits per heavy atom. The highest BCUT2D eigenvalue weighted by Gasteiger charge is 2.14. The van der Waals surface area contributed by atoms with E-state index in [0.717, 1.165) is 11.3 Å². The lowest BCUT2D eigenvalue weighted by atomic mass is 10.1. The van der Waals surface area contributed by atoms with Gasteiger partial charge in [0.05, 0.1) is 5.56 Å². The minimum atomic E-state index is -0.269. The number of phenolic OH excluding ortho intramolecular Hbond substituents is 1. The van der Waals surface area contributed by atoms with E-state index >= 15 is 0 Å². The maximum Gasteiger partial charge on any atom is 0.257 e. The minimum Gasteiger partial charge on any atom is -0.508 e. The van der Waals surface area contributed by atoms with Crippen molar-refractivity contribution in [1.82, 2.24) is 0 Å². The average Bonchev–Trinajstić information content (AvgIpc) is 2.42. The van der Waals surface area contributed by atoms with E-state index in [1.54, 1.807) is 37.3 Å². The van der Waals surface area contributed by atoms with Gasteiger partial charge in [0.1, 0.15) is 5.75 Å². The van der Waals surface area contributed by atoms with Gasteiger partial charge in [-0.1, -0.05) is 6.07 Å². The molecule has 5 heteroatoms. The number of hydrogen-bond donors (Lipinski definition) is 3. The van der Waals surface area contributed by atoms with E-state index in [0.29, 0.717) is 16.9 Å². The van der Waals surface area contributed by atoms with Gasteiger partial charge in [0.25, 0.3) is 5.91 Å². The van der Waals surface area contributed by atoms with Crippen molar-refractivity contribution in [3.05, 3.63) is 47.5 Å². The molecule has 0 heterocycles. The summed E-state index contributed by atoms with van der Waals surface area (Å²) >= 11 is 0. The van der Waals surface area contributed by atoms with Crippen LogP contribution in [0.2, 0.25) is 0 Å². The topological polar surface area (TPSA) is 78.6 Å². The number of phenols is 1. The molecule has 0 fully saturated rings. The van der Waals surface area contributed by atoms with Gasteiger partial charge in [0.2, 0.25) is 0 Å². The number of nitrogens with one attached hydrogen (secondary N) is 1. The zero-order valence-electron chi connectivity index (χ0n) is 12.3. The van der Waals surface area contributed by atoms with Crippen LogP contribution in [0.25, 0.3) is 0 Å². The summed E-state index contributed by atoms with van der Waals surface area (Å²) < 4.78 is 0. The Morgan fingerprint density at radius 1 is 1.19 bits per heavy atom. The largest absolute Gasteiger partial charge is 0.508 e. The number of carbonyl (C=O) groups excluding carboxylic acids is 1. The number of hydrogen-bond acceptors (Lipinski definition) is 4. The van der Waals surface area contributed by atoms with Gasteiger partial charge in [-0.2, -0.15) is 0 Å². The number of carbonyl (C=O) groups is 1. The Morgan fingerprint density at radius 3 is 2.52 bits per heavy atom. The van der Waals surface area contributed by atoms with Crippen LogP contribution in [0.1, 0.15) is 15.9 Å². The zero-order valence-corrected chi connectivity index (χ0v) is 12.3. The Labute approximate surface area is 124 Å². The quantitative estimate of drug-likeness (QED) is 0.757. The van der Waals surface area contributed by atoms with Crippen LogP contribution in [0.4, 0.5) is 17.1 Å². The number of anilines is 3. The second-order valence-electron chi connectivity index (χ2n) is 5.13. The first kappa shape index (κ1) is 14.7. The van der Waals surface area contributed by atoms with Crippen LogP contribution in [0.5, 0.6) is 5.75 Å². The van der Waals surface area contributed by atoms with Crippen molar-refractivity contribution < 1.29 is 9.90 Å². The Hall–Kier alpha value is -2.69. The van der Waals surface area contributed by atoms with Gasteiger partial charge < -0.3 is 21.1 Å². The number of aryl methyl sites for hydroxylation is 1. The van der Waals surface area contributed by atoms with Crippen molar-refractivity contribution in [1.29, 1.82) is 0 Å². The van der Waals surface area contributed by atoms with Crippen molar-refractivity contribution in [3.63, 3.8) is 0 Å². The van der Waals surface area contributed by atoms with Crippen LogP contribution in [-0.2, 0) is 0 Å². The van der Waals surface area contributed by atoms with Gasteiger partial charge >= 0.3 is 0 Å². The normalized spacial score (nSPS) is 10.2. The molecule has 0 aromatic heterocycles. The second-order valence-corrected chi connectivity index (χ2v) is 5.13. The molecule has 1 amide bonds. The van der Waals surface area contributed by atoms with E-state index in [9.17, 15) is 9.90 Å². The van der Waals surface area contributed by atoms with Crippen LogP contribution in [-0.4, -0.2) is 25.1 Å². The third kappa shape index (κ3) is 3.25. The molecule has 5 nitrogen and oxygen atoms in total. The van der Waals surface area contributed by atoms with Gasteiger partial charge in [-0.05, 0) is 36.8 Å². The number of amides is 1. The predicted octanol–water partition coefficient (Wildman–Crippen LogP) is 2.60. The molecule has 0 radical (unpaired) electrons. The molecule has 0 aliphatic carbocycles. The smallest absolute Gasteiger partial charge is 0.257 e. The van der Waals surface area contributed by atoms with Crippen molar-refractivity contribution in [2.75, 3.05) is 30.0 Å². The molecule has 110 valence electrons. The van der Waals surface area contributed by atoms with Crippen LogP contribution < -0.4 is 16.0 Å². The fourth-order valence-corrected chi connectivity index (χ4v) is 2.01. The highest BCUT2D eigenvalue weighted by Crippen LogP contribution is 2.25. The number of nitrogen functional groups attached to an aromatic ring is 1. The van der Waals surface area contributed by atoms with Crippen molar-refractivity contribution in [2.24, 2.45) is 0 Å². The first-order valence-corrected chi connectivity index (χ1v) is 6.56. The number of aromatic hydroxyl groups is 1. The first-order valence-electron chi connectivity index (χ1n) is 6.56. The summed E-state index contributed by atoms with van der Waals surface area (Å²) in [6, 6.07) is 10.2. The Kier molecular flexibility index (Phi) is 4.03. The molecule has 2 rings (SSSR count). The molecule has 0 saturated carbocycles. The molecule has 0 bridgehead atoms. The molecular weight excluding hydrogens is 266 g/mol. The Balaban J connectivity index is 2.31. The van der Waals surface area contributed by atoms with E-state index in [4.69, 9.17) is 5.73 Å². The second kappa shape index (κ2) is 5.75. The molecule has 2 aromatic rings. The van der Waals surface area contributed by atoms with Gasteiger partial charge in [0.15, 0.2) is 0 Å². The summed E-state index contributed by atoms with van der Waals surface area (Å²) in [5.74, 6) is -0.123. The van der Waals surface area contributed by atoms with Crippen LogP contribution in [0.3, 0.4) is 0 Å². The summed E-state index contributed by atoms with van der Waals surface area (Å²) in [4.78, 5) is 14.3. The van der Waals surface area contributed by atoms with Crippen LogP contribution in [0, 0.1) is 6.92 Å². The molecule has 4 N–H and O–H groups in total. The molecular formula is C16H19N3O2. The summed E-state index contributed by atoms with van der Waals surface area (Å²) in [6.45, 7) is 1.79. The number of nitrogens with two attached hydrogens (primary N) is 1. The molecule has 2 aromatic carbocycles. The number of nitrogens with zero attached hydrogens (tertiary/aromatic N) is 1. The molecule has 0 aliphatic rings. The zero-order chi connectivity index (χ0) is 15.6. The molecule has 0 atom stereocenters. The predicted molar refractivity (Wildman–Crippen MR) is 86.0 cm³/mol. The summed E-state index contributed by atoms with van der Waals surface area (Å²) in [5.41, 5.74) is 8.84. The van der Waals surface area contributed by atoms with Gasteiger partial charge in [0, 0.05) is 37.2 Å². The van der Waals surface area contributed by atoms with E-state index in [1.807, 2.05) is 19.0 Å². The molecule has 0 spiro atoms. The summed E-state index contributed by atoms with van der Waals surface area (Å²) in [5, 5.41) is 12.5. The lowest BCUT2D eigenvalue weighted by Gasteiger charge is -2.17. The van der Waals surface area contributed by atoms with E-state index in [2.05, 4.69) is 5.32 Å². The fourth-order valence-electron chi connectivity index (χ4n) is 2.01. The van der Waals surface area contributed by atoms with E-state index < -0.39 is 0 Å². The third-order valence-electron chi connectivity index (χ3n) is 3.21. The van der Waals surface area contributed by atoms with Crippen molar-refractivity contribution in [2.45, 2.75) is 6.92 Å². The summed E-state index contributed by atoms with van der Waals surface area (Å²) in [7, 11) is 3.72. The van der Waals surface area contributed by atoms with Gasteiger partial charge in [-0.15, -0.1) is 0 Å². The number of benzene rings is 2. The number of rotatable bonds is 3. The average molecular weight is 285 g/mol. The SMILES string of the molecule is Cc1ccc(NC(=O)c2cc(N)ccc2N(C)C)cc1O. The fraction of sp³-hybridized carbons (Fsp3) is 0.188. The highest BCUT2D eigenvalue weighted by molar-refractivity contribution is 6.08. The van der Waals surface area contributed by atoms with E-state index in [-0.39, 0.29) is 11.7 Å². The molecule has 0 aliphatic heterocycles. The first-order chi connectivity index (χ1) is 9.88. The lowest BCUT2D eigenvalue weighted by Crippen LogP contribution is -2.18.